The Bertz CT molecular complexity index is 1340. The molecule has 0 aliphatic rings. The predicted molar refractivity (Wildman–Crippen MR) is 105 cm³/mol. The number of halogens is 1. The van der Waals surface area contributed by atoms with Gasteiger partial charge in [0.25, 0.3) is 0 Å². The number of fused-ring (bicyclic) bond motifs is 5. The highest BCUT2D eigenvalue weighted by atomic mass is 35.5. The van der Waals surface area contributed by atoms with Crippen LogP contribution >= 0.6 is 11.6 Å². The van der Waals surface area contributed by atoms with Crippen LogP contribution in [0.25, 0.3) is 38.6 Å². The van der Waals surface area contributed by atoms with Crippen LogP contribution in [0.15, 0.2) is 72.8 Å². The lowest BCUT2D eigenvalue weighted by Gasteiger charge is -2.10. The molecular formula is C22H12ClN3. The van der Waals surface area contributed by atoms with Gasteiger partial charge in [0, 0.05) is 26.7 Å². The fourth-order valence-corrected chi connectivity index (χ4v) is 3.73. The molecule has 0 bridgehead atoms. The molecule has 0 radical (unpaired) electrons. The van der Waals surface area contributed by atoms with Crippen LogP contribution in [0.4, 0.5) is 0 Å². The van der Waals surface area contributed by atoms with Gasteiger partial charge in [-0.15, -0.1) is 0 Å². The van der Waals surface area contributed by atoms with Crippen LogP contribution in [0.5, 0.6) is 0 Å². The number of hydrogen-bond acceptors (Lipinski definition) is 2. The molecule has 0 saturated heterocycles. The summed E-state index contributed by atoms with van der Waals surface area (Å²) in [7, 11) is 0. The molecular weight excluding hydrogens is 342 g/mol. The zero-order valence-corrected chi connectivity index (χ0v) is 14.4. The van der Waals surface area contributed by atoms with E-state index in [-0.39, 0.29) is 0 Å². The molecule has 5 aromatic rings. The van der Waals surface area contributed by atoms with Crippen LogP contribution < -0.4 is 0 Å². The molecule has 0 N–H and O–H groups in total. The molecule has 5 rings (SSSR count). The monoisotopic (exact) mass is 353 g/mol. The van der Waals surface area contributed by atoms with E-state index in [9.17, 15) is 5.26 Å². The molecule has 0 unspecified atom stereocenters. The molecule has 2 aromatic heterocycles. The van der Waals surface area contributed by atoms with E-state index in [0.717, 1.165) is 38.6 Å². The molecule has 2 heterocycles. The van der Waals surface area contributed by atoms with E-state index in [0.29, 0.717) is 10.7 Å². The lowest BCUT2D eigenvalue weighted by atomic mass is 10.1. The maximum Gasteiger partial charge on any atom is 0.146 e. The molecule has 4 heteroatoms. The molecule has 0 aliphatic carbocycles. The van der Waals surface area contributed by atoms with E-state index in [1.54, 1.807) is 0 Å². The van der Waals surface area contributed by atoms with E-state index in [4.69, 9.17) is 16.6 Å². The van der Waals surface area contributed by atoms with Crippen molar-refractivity contribution in [1.82, 2.24) is 9.38 Å². The summed E-state index contributed by atoms with van der Waals surface area (Å²) in [5.41, 5.74) is 4.18. The van der Waals surface area contributed by atoms with Gasteiger partial charge in [0.2, 0.25) is 0 Å². The molecule has 0 atom stereocenters. The Kier molecular flexibility index (Phi) is 3.21. The molecule has 0 fully saturated rings. The van der Waals surface area contributed by atoms with Gasteiger partial charge in [-0.3, -0.25) is 4.40 Å². The van der Waals surface area contributed by atoms with Gasteiger partial charge < -0.3 is 0 Å². The van der Waals surface area contributed by atoms with Crippen LogP contribution in [0.2, 0.25) is 5.02 Å². The number of nitriles is 1. The quantitative estimate of drug-likeness (QED) is 0.380. The Hall–Kier alpha value is -3.35. The molecule has 26 heavy (non-hydrogen) atoms. The molecule has 0 spiro atoms. The van der Waals surface area contributed by atoms with Gasteiger partial charge in [-0.05, 0) is 18.2 Å². The summed E-state index contributed by atoms with van der Waals surface area (Å²) in [5.74, 6) is 0. The summed E-state index contributed by atoms with van der Waals surface area (Å²) < 4.78 is 1.93. The number of rotatable bonds is 1. The van der Waals surface area contributed by atoms with E-state index in [1.807, 2.05) is 77.2 Å². The van der Waals surface area contributed by atoms with Gasteiger partial charge >= 0.3 is 0 Å². The fourth-order valence-electron chi connectivity index (χ4n) is 3.56. The highest BCUT2D eigenvalue weighted by Gasteiger charge is 2.18. The number of aromatic nitrogens is 2. The Morgan fingerprint density at radius 2 is 1.58 bits per heavy atom. The van der Waals surface area contributed by atoms with Crippen molar-refractivity contribution in [3.8, 4) is 17.3 Å². The van der Waals surface area contributed by atoms with Crippen LogP contribution in [0, 0.1) is 11.3 Å². The number of nitrogens with zero attached hydrogens (tertiary/aromatic N) is 3. The first-order valence-electron chi connectivity index (χ1n) is 8.26. The molecule has 0 amide bonds. The Balaban J connectivity index is 2.08. The lowest BCUT2D eigenvalue weighted by Crippen LogP contribution is -1.97. The lowest BCUT2D eigenvalue weighted by molar-refractivity contribution is 1.18. The van der Waals surface area contributed by atoms with Crippen molar-refractivity contribution in [2.24, 2.45) is 0 Å². The average Bonchev–Trinajstić information content (AvgIpc) is 3.01. The van der Waals surface area contributed by atoms with Gasteiger partial charge in [0.05, 0.1) is 11.2 Å². The SMILES string of the molecule is N#Cc1c2ccccc2c2nc(-c3ccccc3)c3cc(Cl)ccc3n12. The minimum Gasteiger partial charge on any atom is -0.284 e. The minimum absolute atomic E-state index is 0.593. The zero-order chi connectivity index (χ0) is 17.7. The smallest absolute Gasteiger partial charge is 0.146 e. The van der Waals surface area contributed by atoms with Crippen LogP contribution in [0.1, 0.15) is 5.69 Å². The topological polar surface area (TPSA) is 41.1 Å². The van der Waals surface area contributed by atoms with Crippen molar-refractivity contribution in [2.45, 2.75) is 0 Å². The van der Waals surface area contributed by atoms with Crippen molar-refractivity contribution in [3.05, 3.63) is 83.5 Å². The third-order valence-electron chi connectivity index (χ3n) is 4.68. The van der Waals surface area contributed by atoms with Gasteiger partial charge in [-0.2, -0.15) is 5.26 Å². The predicted octanol–water partition coefficient (Wildman–Crippen LogP) is 5.83. The highest BCUT2D eigenvalue weighted by Crippen LogP contribution is 2.34. The van der Waals surface area contributed by atoms with Gasteiger partial charge in [0.15, 0.2) is 0 Å². The van der Waals surface area contributed by atoms with Crippen molar-refractivity contribution in [2.75, 3.05) is 0 Å². The largest absolute Gasteiger partial charge is 0.284 e. The summed E-state index contributed by atoms with van der Waals surface area (Å²) in [4.78, 5) is 4.96. The van der Waals surface area contributed by atoms with Crippen LogP contribution in [-0.4, -0.2) is 9.38 Å². The summed E-state index contributed by atoms with van der Waals surface area (Å²) in [6.07, 6.45) is 0. The van der Waals surface area contributed by atoms with Crippen LogP contribution in [-0.2, 0) is 0 Å². The molecule has 3 nitrogen and oxygen atoms in total. The normalized spacial score (nSPS) is 11.2. The summed E-state index contributed by atoms with van der Waals surface area (Å²) in [5, 5.41) is 13.2. The summed E-state index contributed by atoms with van der Waals surface area (Å²) in [6.45, 7) is 0. The van der Waals surface area contributed by atoms with E-state index in [2.05, 4.69) is 6.07 Å². The average molecular weight is 354 g/mol. The molecule has 0 saturated carbocycles. The maximum absolute atomic E-state index is 9.80. The minimum atomic E-state index is 0.593. The van der Waals surface area contributed by atoms with E-state index in [1.165, 1.54) is 0 Å². The first-order valence-corrected chi connectivity index (χ1v) is 8.63. The van der Waals surface area contributed by atoms with E-state index >= 15 is 0 Å². The molecule has 122 valence electrons. The first kappa shape index (κ1) is 14.9. The number of hydrogen-bond donors (Lipinski definition) is 0. The second-order valence-corrected chi connectivity index (χ2v) is 6.59. The second-order valence-electron chi connectivity index (χ2n) is 6.15. The van der Waals surface area contributed by atoms with Gasteiger partial charge in [-0.1, -0.05) is 66.2 Å². The third kappa shape index (κ3) is 2.03. The molecule has 0 aliphatic heterocycles. The maximum atomic E-state index is 9.80. The van der Waals surface area contributed by atoms with Crippen molar-refractivity contribution < 1.29 is 0 Å². The van der Waals surface area contributed by atoms with Gasteiger partial charge in [-0.25, -0.2) is 4.98 Å². The summed E-state index contributed by atoms with van der Waals surface area (Å²) >= 11 is 6.28. The standard InChI is InChI=1S/C22H12ClN3/c23-15-10-11-19-18(12-15)21(14-6-2-1-3-7-14)25-22-17-9-5-4-8-16(17)20(13-24)26(19)22/h1-12H. The first-order chi connectivity index (χ1) is 12.8. The van der Waals surface area contributed by atoms with Crippen molar-refractivity contribution in [1.29, 1.82) is 5.26 Å². The Morgan fingerprint density at radius 1 is 0.846 bits per heavy atom. The zero-order valence-electron chi connectivity index (χ0n) is 13.6. The Morgan fingerprint density at radius 3 is 2.35 bits per heavy atom. The van der Waals surface area contributed by atoms with Crippen molar-refractivity contribution >= 4 is 38.9 Å². The van der Waals surface area contributed by atoms with E-state index < -0.39 is 0 Å². The highest BCUT2D eigenvalue weighted by molar-refractivity contribution is 6.31. The van der Waals surface area contributed by atoms with Crippen LogP contribution in [0.3, 0.4) is 0 Å². The Labute approximate surface area is 154 Å². The summed E-state index contributed by atoms with van der Waals surface area (Å²) in [6, 6.07) is 26.0. The van der Waals surface area contributed by atoms with Gasteiger partial charge in [0.1, 0.15) is 17.4 Å². The fraction of sp³-hybridized carbons (Fsp3) is 0. The van der Waals surface area contributed by atoms with Crippen molar-refractivity contribution in [3.63, 3.8) is 0 Å². The molecule has 3 aromatic carbocycles. The second kappa shape index (κ2) is 5.59. The number of benzene rings is 3. The third-order valence-corrected chi connectivity index (χ3v) is 4.92.